The number of hydrogen-bond acceptors (Lipinski definition) is 6. The van der Waals surface area contributed by atoms with Crippen molar-refractivity contribution in [3.8, 4) is 11.4 Å². The highest BCUT2D eigenvalue weighted by Gasteiger charge is 2.17. The predicted octanol–water partition coefficient (Wildman–Crippen LogP) is 0.818. The molecule has 0 saturated carbocycles. The number of aromatic nitrogens is 4. The van der Waals surface area contributed by atoms with Crippen LogP contribution in [-0.2, 0) is 9.53 Å². The SMILES string of the molecule is O=C(CSc1n[nH]c(-c2ccncc2)n1)N1CCOCC1. The molecule has 1 fully saturated rings. The zero-order chi connectivity index (χ0) is 14.5. The topological polar surface area (TPSA) is 84.0 Å². The molecule has 1 aliphatic heterocycles. The Labute approximate surface area is 126 Å². The van der Waals surface area contributed by atoms with Gasteiger partial charge in [0.25, 0.3) is 0 Å². The lowest BCUT2D eigenvalue weighted by Gasteiger charge is -2.26. The largest absolute Gasteiger partial charge is 0.378 e. The van der Waals surface area contributed by atoms with Crippen LogP contribution in [0.5, 0.6) is 0 Å². The van der Waals surface area contributed by atoms with Crippen LogP contribution >= 0.6 is 11.8 Å². The van der Waals surface area contributed by atoms with Crippen molar-refractivity contribution in [3.63, 3.8) is 0 Å². The second kappa shape index (κ2) is 6.68. The molecule has 1 N–H and O–H groups in total. The van der Waals surface area contributed by atoms with Crippen LogP contribution in [-0.4, -0.2) is 63.0 Å². The van der Waals surface area contributed by atoms with Gasteiger partial charge in [0.05, 0.1) is 19.0 Å². The number of rotatable bonds is 4. The number of carbonyl (C=O) groups is 1. The Morgan fingerprint density at radius 1 is 1.33 bits per heavy atom. The minimum Gasteiger partial charge on any atom is -0.378 e. The van der Waals surface area contributed by atoms with E-state index in [2.05, 4.69) is 20.2 Å². The van der Waals surface area contributed by atoms with Crippen molar-refractivity contribution in [2.45, 2.75) is 5.16 Å². The van der Waals surface area contributed by atoms with E-state index >= 15 is 0 Å². The number of morpholine rings is 1. The third-order valence-electron chi connectivity index (χ3n) is 3.11. The summed E-state index contributed by atoms with van der Waals surface area (Å²) >= 11 is 1.34. The first-order valence-corrected chi connectivity index (χ1v) is 7.62. The molecule has 1 aliphatic rings. The van der Waals surface area contributed by atoms with Gasteiger partial charge in [0.15, 0.2) is 5.82 Å². The minimum absolute atomic E-state index is 0.0959. The molecule has 0 unspecified atom stereocenters. The molecule has 0 atom stereocenters. The minimum atomic E-state index is 0.0959. The number of carbonyl (C=O) groups excluding carboxylic acids is 1. The van der Waals surface area contributed by atoms with Gasteiger partial charge in [-0.25, -0.2) is 4.98 Å². The maximum atomic E-state index is 12.0. The second-order valence-corrected chi connectivity index (χ2v) is 5.43. The fourth-order valence-corrected chi connectivity index (χ4v) is 2.68. The van der Waals surface area contributed by atoms with Crippen LogP contribution < -0.4 is 0 Å². The molecular formula is C13H15N5O2S. The lowest BCUT2D eigenvalue weighted by molar-refractivity contribution is -0.132. The summed E-state index contributed by atoms with van der Waals surface area (Å²) in [7, 11) is 0. The van der Waals surface area contributed by atoms with E-state index in [1.165, 1.54) is 11.8 Å². The summed E-state index contributed by atoms with van der Waals surface area (Å²) in [6.45, 7) is 2.55. The first kappa shape index (κ1) is 14.0. The smallest absolute Gasteiger partial charge is 0.233 e. The fraction of sp³-hybridized carbons (Fsp3) is 0.385. The van der Waals surface area contributed by atoms with Gasteiger partial charge in [-0.1, -0.05) is 11.8 Å². The van der Waals surface area contributed by atoms with Crippen molar-refractivity contribution < 1.29 is 9.53 Å². The van der Waals surface area contributed by atoms with Crippen molar-refractivity contribution in [3.05, 3.63) is 24.5 Å². The molecule has 3 rings (SSSR count). The summed E-state index contributed by atoms with van der Waals surface area (Å²) in [5.74, 6) is 1.12. The zero-order valence-corrected chi connectivity index (χ0v) is 12.2. The van der Waals surface area contributed by atoms with E-state index in [0.29, 0.717) is 43.0 Å². The van der Waals surface area contributed by atoms with Crippen LogP contribution in [0.15, 0.2) is 29.7 Å². The zero-order valence-electron chi connectivity index (χ0n) is 11.4. The lowest BCUT2D eigenvalue weighted by Crippen LogP contribution is -2.41. The number of hydrogen-bond donors (Lipinski definition) is 1. The molecule has 0 aliphatic carbocycles. The van der Waals surface area contributed by atoms with Gasteiger partial charge in [0, 0.05) is 31.0 Å². The van der Waals surface area contributed by atoms with E-state index in [9.17, 15) is 4.79 Å². The van der Waals surface area contributed by atoms with E-state index in [1.54, 1.807) is 12.4 Å². The molecule has 21 heavy (non-hydrogen) atoms. The molecule has 3 heterocycles. The first-order chi connectivity index (χ1) is 10.3. The number of thioether (sulfide) groups is 1. The molecular weight excluding hydrogens is 290 g/mol. The Hall–Kier alpha value is -1.93. The Balaban J connectivity index is 1.56. The Bertz CT molecular complexity index is 598. The molecule has 1 saturated heterocycles. The molecule has 0 radical (unpaired) electrons. The van der Waals surface area contributed by atoms with Crippen molar-refractivity contribution in [2.24, 2.45) is 0 Å². The maximum Gasteiger partial charge on any atom is 0.233 e. The molecule has 1 amide bonds. The summed E-state index contributed by atoms with van der Waals surface area (Å²) in [5, 5.41) is 7.56. The monoisotopic (exact) mass is 305 g/mol. The number of nitrogens with zero attached hydrogens (tertiary/aromatic N) is 4. The van der Waals surface area contributed by atoms with E-state index in [4.69, 9.17) is 4.74 Å². The van der Waals surface area contributed by atoms with Crippen molar-refractivity contribution in [1.82, 2.24) is 25.1 Å². The van der Waals surface area contributed by atoms with Crippen LogP contribution in [0, 0.1) is 0 Å². The Morgan fingerprint density at radius 2 is 2.10 bits per heavy atom. The molecule has 2 aromatic rings. The summed E-state index contributed by atoms with van der Waals surface area (Å²) in [6.07, 6.45) is 3.40. The predicted molar refractivity (Wildman–Crippen MR) is 77.7 cm³/mol. The number of H-pyrrole nitrogens is 1. The highest BCUT2D eigenvalue weighted by molar-refractivity contribution is 7.99. The summed E-state index contributed by atoms with van der Waals surface area (Å²) in [4.78, 5) is 22.2. The number of amides is 1. The van der Waals surface area contributed by atoms with Gasteiger partial charge < -0.3 is 9.64 Å². The third-order valence-corrected chi connectivity index (χ3v) is 3.94. The van der Waals surface area contributed by atoms with E-state index in [-0.39, 0.29) is 5.91 Å². The molecule has 0 aromatic carbocycles. The molecule has 0 spiro atoms. The number of nitrogens with one attached hydrogen (secondary N) is 1. The Morgan fingerprint density at radius 3 is 2.86 bits per heavy atom. The van der Waals surface area contributed by atoms with E-state index in [0.717, 1.165) is 5.56 Å². The van der Waals surface area contributed by atoms with Crippen molar-refractivity contribution >= 4 is 17.7 Å². The van der Waals surface area contributed by atoms with Crippen LogP contribution in [0.3, 0.4) is 0 Å². The molecule has 7 nitrogen and oxygen atoms in total. The molecule has 0 bridgehead atoms. The summed E-state index contributed by atoms with van der Waals surface area (Å²) < 4.78 is 5.23. The van der Waals surface area contributed by atoms with Crippen LogP contribution in [0.1, 0.15) is 0 Å². The summed E-state index contributed by atoms with van der Waals surface area (Å²) in [5.41, 5.74) is 0.920. The molecule has 110 valence electrons. The standard InChI is InChI=1S/C13H15N5O2S/c19-11(18-5-7-20-8-6-18)9-21-13-15-12(16-17-13)10-1-3-14-4-2-10/h1-4H,5-9H2,(H,15,16,17). The number of ether oxygens (including phenoxy) is 1. The molecule has 8 heteroatoms. The van der Waals surface area contributed by atoms with Gasteiger partial charge in [0.1, 0.15) is 0 Å². The Kier molecular flexibility index (Phi) is 4.46. The first-order valence-electron chi connectivity index (χ1n) is 6.64. The highest BCUT2D eigenvalue weighted by atomic mass is 32.2. The number of aromatic amines is 1. The molecule has 2 aromatic heterocycles. The van der Waals surface area contributed by atoms with Gasteiger partial charge >= 0.3 is 0 Å². The van der Waals surface area contributed by atoms with Crippen molar-refractivity contribution in [2.75, 3.05) is 32.1 Å². The average molecular weight is 305 g/mol. The van der Waals surface area contributed by atoms with E-state index < -0.39 is 0 Å². The number of pyridine rings is 1. The third kappa shape index (κ3) is 3.59. The second-order valence-electron chi connectivity index (χ2n) is 4.48. The fourth-order valence-electron chi connectivity index (χ4n) is 1.98. The highest BCUT2D eigenvalue weighted by Crippen LogP contribution is 2.18. The normalized spacial score (nSPS) is 15.1. The average Bonchev–Trinajstić information content (AvgIpc) is 3.03. The van der Waals surface area contributed by atoms with Crippen molar-refractivity contribution in [1.29, 1.82) is 0 Å². The van der Waals surface area contributed by atoms with Crippen LogP contribution in [0.4, 0.5) is 0 Å². The lowest BCUT2D eigenvalue weighted by atomic mass is 10.3. The quantitative estimate of drug-likeness (QED) is 0.842. The van der Waals surface area contributed by atoms with Gasteiger partial charge in [0.2, 0.25) is 11.1 Å². The van der Waals surface area contributed by atoms with E-state index in [1.807, 2.05) is 17.0 Å². The van der Waals surface area contributed by atoms with Crippen LogP contribution in [0.25, 0.3) is 11.4 Å². The van der Waals surface area contributed by atoms with Gasteiger partial charge in [-0.2, -0.15) is 0 Å². The van der Waals surface area contributed by atoms with Crippen LogP contribution in [0.2, 0.25) is 0 Å². The summed E-state index contributed by atoms with van der Waals surface area (Å²) in [6, 6.07) is 3.71. The van der Waals surface area contributed by atoms with Gasteiger partial charge in [-0.05, 0) is 12.1 Å². The van der Waals surface area contributed by atoms with Gasteiger partial charge in [-0.15, -0.1) is 5.10 Å². The van der Waals surface area contributed by atoms with Gasteiger partial charge in [-0.3, -0.25) is 14.9 Å². The maximum absolute atomic E-state index is 12.0.